The highest BCUT2D eigenvalue weighted by Crippen LogP contribution is 2.19. The molecule has 1 aliphatic rings. The Balaban J connectivity index is 1.45. The summed E-state index contributed by atoms with van der Waals surface area (Å²) in [6.45, 7) is 15.0. The Morgan fingerprint density at radius 1 is 1.00 bits per heavy atom. The SMILES string of the molecule is CCCN(CCC)CCCCN(C)Cc1cc(CN(CC2=NCCN2C)Cc2ncc[nH]2)cs1. The summed E-state index contributed by atoms with van der Waals surface area (Å²) < 4.78 is 0. The minimum Gasteiger partial charge on any atom is -0.360 e. The summed E-state index contributed by atoms with van der Waals surface area (Å²) in [7, 11) is 4.40. The Kier molecular flexibility index (Phi) is 11.5. The second kappa shape index (κ2) is 14.6. The van der Waals surface area contributed by atoms with Crippen LogP contribution in [0.4, 0.5) is 0 Å². The molecule has 0 fully saturated rings. The summed E-state index contributed by atoms with van der Waals surface area (Å²) in [6.07, 6.45) is 8.80. The first-order chi connectivity index (χ1) is 16.6. The molecule has 0 spiro atoms. The minimum atomic E-state index is 0.804. The van der Waals surface area contributed by atoms with E-state index in [1.165, 1.54) is 61.6 Å². The monoisotopic (exact) mass is 487 g/mol. The average molecular weight is 488 g/mol. The van der Waals surface area contributed by atoms with Gasteiger partial charge in [-0.1, -0.05) is 13.8 Å². The number of imidazole rings is 1. The van der Waals surface area contributed by atoms with Crippen LogP contribution in [0.25, 0.3) is 0 Å². The summed E-state index contributed by atoms with van der Waals surface area (Å²) in [4.78, 5) is 23.7. The van der Waals surface area contributed by atoms with E-state index in [1.54, 1.807) is 0 Å². The molecule has 2 aromatic rings. The van der Waals surface area contributed by atoms with Gasteiger partial charge < -0.3 is 19.7 Å². The van der Waals surface area contributed by atoms with Gasteiger partial charge in [-0.3, -0.25) is 9.89 Å². The Labute approximate surface area is 210 Å². The number of thiophene rings is 1. The molecule has 0 atom stereocenters. The summed E-state index contributed by atoms with van der Waals surface area (Å²) in [5.41, 5.74) is 1.39. The maximum absolute atomic E-state index is 4.70. The predicted octanol–water partition coefficient (Wildman–Crippen LogP) is 4.15. The van der Waals surface area contributed by atoms with Crippen molar-refractivity contribution in [2.24, 2.45) is 4.99 Å². The Morgan fingerprint density at radius 3 is 2.47 bits per heavy atom. The van der Waals surface area contributed by atoms with Gasteiger partial charge in [0.25, 0.3) is 0 Å². The molecule has 8 heteroatoms. The molecular formula is C26H45N7S. The lowest BCUT2D eigenvalue weighted by atomic mass is 10.2. The number of aromatic nitrogens is 2. The van der Waals surface area contributed by atoms with Gasteiger partial charge in [0.2, 0.25) is 0 Å². The molecule has 34 heavy (non-hydrogen) atoms. The van der Waals surface area contributed by atoms with Crippen LogP contribution in [0.1, 0.15) is 55.8 Å². The van der Waals surface area contributed by atoms with E-state index in [1.807, 2.05) is 23.7 Å². The van der Waals surface area contributed by atoms with Crippen molar-refractivity contribution < 1.29 is 0 Å². The quantitative estimate of drug-likeness (QED) is 0.340. The molecule has 1 aliphatic heterocycles. The number of hydrogen-bond donors (Lipinski definition) is 1. The molecule has 0 unspecified atom stereocenters. The van der Waals surface area contributed by atoms with E-state index in [4.69, 9.17) is 4.99 Å². The highest BCUT2D eigenvalue weighted by Gasteiger charge is 2.18. The summed E-state index contributed by atoms with van der Waals surface area (Å²) in [5, 5.41) is 2.33. The highest BCUT2D eigenvalue weighted by molar-refractivity contribution is 7.10. The molecule has 7 nitrogen and oxygen atoms in total. The Morgan fingerprint density at radius 2 is 1.79 bits per heavy atom. The van der Waals surface area contributed by atoms with E-state index >= 15 is 0 Å². The normalized spacial score (nSPS) is 14.2. The van der Waals surface area contributed by atoms with Crippen molar-refractivity contribution in [3.05, 3.63) is 40.1 Å². The largest absolute Gasteiger partial charge is 0.360 e. The van der Waals surface area contributed by atoms with Gasteiger partial charge in [0.1, 0.15) is 11.7 Å². The molecule has 0 aliphatic carbocycles. The van der Waals surface area contributed by atoms with E-state index in [9.17, 15) is 0 Å². The van der Waals surface area contributed by atoms with Gasteiger partial charge in [-0.2, -0.15) is 0 Å². The molecule has 1 N–H and O–H groups in total. The number of aliphatic imine (C=N–C) groups is 1. The molecule has 0 amide bonds. The number of amidine groups is 1. The van der Waals surface area contributed by atoms with Crippen LogP contribution in [-0.4, -0.2) is 95.3 Å². The number of hydrogen-bond acceptors (Lipinski definition) is 7. The van der Waals surface area contributed by atoms with Crippen LogP contribution in [0.5, 0.6) is 0 Å². The third-order valence-electron chi connectivity index (χ3n) is 6.35. The van der Waals surface area contributed by atoms with Gasteiger partial charge in [-0.05, 0) is 75.9 Å². The maximum Gasteiger partial charge on any atom is 0.120 e. The van der Waals surface area contributed by atoms with Crippen LogP contribution >= 0.6 is 11.3 Å². The minimum absolute atomic E-state index is 0.804. The topological polar surface area (TPSA) is 54.0 Å². The first kappa shape index (κ1) is 26.9. The first-order valence-corrected chi connectivity index (χ1v) is 13.9. The number of nitrogens with one attached hydrogen (secondary N) is 1. The number of aromatic amines is 1. The van der Waals surface area contributed by atoms with Crippen LogP contribution in [0.3, 0.4) is 0 Å². The predicted molar refractivity (Wildman–Crippen MR) is 145 cm³/mol. The molecule has 3 heterocycles. The molecule has 190 valence electrons. The molecule has 3 rings (SSSR count). The van der Waals surface area contributed by atoms with E-state index in [0.29, 0.717) is 0 Å². The first-order valence-electron chi connectivity index (χ1n) is 13.0. The van der Waals surface area contributed by atoms with E-state index in [0.717, 1.165) is 51.6 Å². The Hall–Kier alpha value is -1.74. The van der Waals surface area contributed by atoms with E-state index < -0.39 is 0 Å². The van der Waals surface area contributed by atoms with Crippen molar-refractivity contribution in [2.45, 2.75) is 59.2 Å². The highest BCUT2D eigenvalue weighted by atomic mass is 32.1. The smallest absolute Gasteiger partial charge is 0.120 e. The Bertz CT molecular complexity index is 826. The standard InChI is InChI=1S/C26H45N7S/c1-5-12-32(13-6-2)15-8-7-14-30(3)19-24-17-23(22-34-24)18-33(20-25-27-9-10-28-25)21-26-29-11-16-31(26)4/h9-10,17,22H,5-8,11-16,18-21H2,1-4H3,(H,27,28). The number of nitrogens with zero attached hydrogens (tertiary/aromatic N) is 6. The lowest BCUT2D eigenvalue weighted by Gasteiger charge is -2.24. The van der Waals surface area contributed by atoms with Crippen molar-refractivity contribution in [3.63, 3.8) is 0 Å². The average Bonchev–Trinajstić information content (AvgIpc) is 3.56. The molecule has 0 aromatic carbocycles. The van der Waals surface area contributed by atoms with Crippen LogP contribution in [0.2, 0.25) is 0 Å². The lowest BCUT2D eigenvalue weighted by molar-refractivity contribution is 0.255. The van der Waals surface area contributed by atoms with Crippen molar-refractivity contribution in [1.29, 1.82) is 0 Å². The van der Waals surface area contributed by atoms with Gasteiger partial charge >= 0.3 is 0 Å². The third kappa shape index (κ3) is 9.13. The fourth-order valence-electron chi connectivity index (χ4n) is 4.59. The molecule has 0 saturated heterocycles. The maximum atomic E-state index is 4.70. The fourth-order valence-corrected chi connectivity index (χ4v) is 5.55. The van der Waals surface area contributed by atoms with Crippen LogP contribution in [0, 0.1) is 0 Å². The second-order valence-corrected chi connectivity index (χ2v) is 10.6. The van der Waals surface area contributed by atoms with Gasteiger partial charge in [-0.25, -0.2) is 4.98 Å². The zero-order valence-corrected chi connectivity index (χ0v) is 22.6. The molecule has 0 bridgehead atoms. The van der Waals surface area contributed by atoms with Crippen molar-refractivity contribution >= 4 is 17.2 Å². The third-order valence-corrected chi connectivity index (χ3v) is 7.32. The summed E-state index contributed by atoms with van der Waals surface area (Å²) in [5.74, 6) is 2.19. The van der Waals surface area contributed by atoms with Crippen LogP contribution < -0.4 is 0 Å². The number of rotatable bonds is 17. The van der Waals surface area contributed by atoms with Crippen LogP contribution in [-0.2, 0) is 19.6 Å². The van der Waals surface area contributed by atoms with Gasteiger partial charge in [0.15, 0.2) is 0 Å². The summed E-state index contributed by atoms with van der Waals surface area (Å²) >= 11 is 1.89. The number of H-pyrrole nitrogens is 1. The van der Waals surface area contributed by atoms with E-state index in [-0.39, 0.29) is 0 Å². The van der Waals surface area contributed by atoms with Crippen LogP contribution in [0.15, 0.2) is 28.8 Å². The van der Waals surface area contributed by atoms with Crippen molar-refractivity contribution in [1.82, 2.24) is 29.6 Å². The zero-order chi connectivity index (χ0) is 24.2. The molecular weight excluding hydrogens is 442 g/mol. The second-order valence-electron chi connectivity index (χ2n) is 9.61. The molecule has 0 radical (unpaired) electrons. The van der Waals surface area contributed by atoms with Gasteiger partial charge in [-0.15, -0.1) is 11.3 Å². The summed E-state index contributed by atoms with van der Waals surface area (Å²) in [6, 6.07) is 2.39. The zero-order valence-electron chi connectivity index (χ0n) is 21.8. The van der Waals surface area contributed by atoms with Gasteiger partial charge in [0, 0.05) is 44.0 Å². The number of likely N-dealkylation sites (N-methyl/N-ethyl adjacent to an activating group) is 1. The van der Waals surface area contributed by atoms with Crippen molar-refractivity contribution in [2.75, 3.05) is 59.9 Å². The molecule has 0 saturated carbocycles. The lowest BCUT2D eigenvalue weighted by Crippen LogP contribution is -2.35. The van der Waals surface area contributed by atoms with E-state index in [2.05, 4.69) is 69.0 Å². The fraction of sp³-hybridized carbons (Fsp3) is 0.692. The van der Waals surface area contributed by atoms with Crippen molar-refractivity contribution in [3.8, 4) is 0 Å². The number of unbranched alkanes of at least 4 members (excludes halogenated alkanes) is 1. The van der Waals surface area contributed by atoms with Gasteiger partial charge in [0.05, 0.1) is 19.6 Å². The molecule has 2 aromatic heterocycles.